The van der Waals surface area contributed by atoms with Crippen molar-refractivity contribution in [2.24, 2.45) is 16.7 Å². The van der Waals surface area contributed by atoms with Crippen molar-refractivity contribution in [1.82, 2.24) is 36.4 Å². The molecule has 5 N–H and O–H groups in total. The predicted octanol–water partition coefficient (Wildman–Crippen LogP) is 2.54. The number of urea groups is 2. The number of carbonyl (C=O) groups is 6. The first kappa shape index (κ1) is 38.8. The number of nitrogens with zero attached hydrogens (tertiary/aromatic N) is 2. The van der Waals surface area contributed by atoms with Gasteiger partial charge in [-0.05, 0) is 42.4 Å². The van der Waals surface area contributed by atoms with Gasteiger partial charge in [0.15, 0.2) is 0 Å². The molecule has 262 valence electrons. The van der Waals surface area contributed by atoms with E-state index in [4.69, 9.17) is 0 Å². The molecule has 0 spiro atoms. The van der Waals surface area contributed by atoms with Crippen molar-refractivity contribution < 1.29 is 28.8 Å². The van der Waals surface area contributed by atoms with Gasteiger partial charge in [0.05, 0.1) is 12.1 Å². The molecular formula is C33H59N7O6. The van der Waals surface area contributed by atoms with Crippen LogP contribution < -0.4 is 26.6 Å². The third kappa shape index (κ3) is 11.5. The Morgan fingerprint density at radius 1 is 0.935 bits per heavy atom. The summed E-state index contributed by atoms with van der Waals surface area (Å²) in [6.45, 7) is 19.5. The first-order chi connectivity index (χ1) is 21.4. The van der Waals surface area contributed by atoms with Gasteiger partial charge in [0.1, 0.15) is 12.1 Å². The fourth-order valence-corrected chi connectivity index (χ4v) is 5.54. The Hall–Kier alpha value is -3.38. The number of Topliss-reactive ketones (excluding diaryl/α,β-unsaturated/α-hetero) is 1. The maximum atomic E-state index is 14.0. The normalized spacial score (nSPS) is 19.2. The smallest absolute Gasteiger partial charge is 0.317 e. The molecule has 0 aromatic carbocycles. The van der Waals surface area contributed by atoms with Crippen LogP contribution in [0.4, 0.5) is 9.59 Å². The van der Waals surface area contributed by atoms with Gasteiger partial charge in [0, 0.05) is 32.7 Å². The number of likely N-dealkylation sites (tertiary alicyclic amines) is 1. The van der Waals surface area contributed by atoms with E-state index < -0.39 is 59.1 Å². The molecule has 2 aliphatic heterocycles. The Kier molecular flexibility index (Phi) is 14.3. The monoisotopic (exact) mass is 649 g/mol. The number of nitrogens with one attached hydrogen (secondary N) is 5. The van der Waals surface area contributed by atoms with Crippen molar-refractivity contribution in [3.63, 3.8) is 0 Å². The Morgan fingerprint density at radius 2 is 1.61 bits per heavy atom. The van der Waals surface area contributed by atoms with Crippen molar-refractivity contribution in [3.05, 3.63) is 0 Å². The average Bonchev–Trinajstić information content (AvgIpc) is 3.46. The zero-order valence-electron chi connectivity index (χ0n) is 29.5. The third-order valence-corrected chi connectivity index (χ3v) is 8.52. The molecule has 0 aliphatic carbocycles. The molecule has 46 heavy (non-hydrogen) atoms. The van der Waals surface area contributed by atoms with Gasteiger partial charge in [-0.2, -0.15) is 0 Å². The standard InChI is InChI=1S/C33H59N7O6/c1-10-11-14-22(25(41)28(43)35-19-21(2)3)36-27(42)23-15-12-18-40(23)29(44)26(33(7,8)9)38-30(45)37-24(32(4,5)6)20-39-17-13-16-34-31(39)46/h21-24,26H,10-20H2,1-9H3,(H,34,46)(H,35,43)(H,36,42)(H2,37,38,45)/t22?,23-,24+,26+/m0/s1. The number of rotatable bonds is 14. The quantitative estimate of drug-likeness (QED) is 0.181. The molecule has 0 saturated carbocycles. The molecule has 2 saturated heterocycles. The zero-order chi connectivity index (χ0) is 34.8. The minimum absolute atomic E-state index is 0.167. The lowest BCUT2D eigenvalue weighted by Crippen LogP contribution is -2.62. The summed E-state index contributed by atoms with van der Waals surface area (Å²) in [6, 6.07) is -3.89. The molecule has 7 amide bonds. The fourth-order valence-electron chi connectivity index (χ4n) is 5.54. The van der Waals surface area contributed by atoms with E-state index in [1.807, 2.05) is 62.3 Å². The maximum Gasteiger partial charge on any atom is 0.317 e. The van der Waals surface area contributed by atoms with E-state index >= 15 is 0 Å². The van der Waals surface area contributed by atoms with Gasteiger partial charge in [0.25, 0.3) is 5.91 Å². The van der Waals surface area contributed by atoms with E-state index in [1.54, 1.807) is 4.90 Å². The summed E-state index contributed by atoms with van der Waals surface area (Å²) in [6.07, 6.45) is 3.54. The molecule has 13 nitrogen and oxygen atoms in total. The highest BCUT2D eigenvalue weighted by Gasteiger charge is 2.43. The second-order valence-electron chi connectivity index (χ2n) is 15.2. The molecular weight excluding hydrogens is 590 g/mol. The van der Waals surface area contributed by atoms with Crippen LogP contribution in [0, 0.1) is 16.7 Å². The zero-order valence-corrected chi connectivity index (χ0v) is 29.5. The number of ketones is 1. The molecule has 0 bridgehead atoms. The molecule has 0 radical (unpaired) electrons. The van der Waals surface area contributed by atoms with Crippen molar-refractivity contribution in [1.29, 1.82) is 0 Å². The first-order valence-corrected chi connectivity index (χ1v) is 16.9. The summed E-state index contributed by atoms with van der Waals surface area (Å²) in [7, 11) is 0. The van der Waals surface area contributed by atoms with Gasteiger partial charge >= 0.3 is 12.1 Å². The van der Waals surface area contributed by atoms with E-state index in [0.717, 1.165) is 12.8 Å². The highest BCUT2D eigenvalue weighted by atomic mass is 16.2. The first-order valence-electron chi connectivity index (χ1n) is 16.9. The average molecular weight is 650 g/mol. The van der Waals surface area contributed by atoms with Gasteiger partial charge in [-0.15, -0.1) is 0 Å². The lowest BCUT2D eigenvalue weighted by molar-refractivity contribution is -0.143. The molecule has 2 fully saturated rings. The highest BCUT2D eigenvalue weighted by molar-refractivity contribution is 6.38. The second kappa shape index (κ2) is 17.0. The van der Waals surface area contributed by atoms with Crippen molar-refractivity contribution >= 4 is 35.6 Å². The van der Waals surface area contributed by atoms with Crippen LogP contribution in [0.15, 0.2) is 0 Å². The van der Waals surface area contributed by atoms with Crippen LogP contribution in [0.5, 0.6) is 0 Å². The topological polar surface area (TPSA) is 169 Å². The largest absolute Gasteiger partial charge is 0.349 e. The van der Waals surface area contributed by atoms with E-state index in [9.17, 15) is 28.8 Å². The molecule has 0 aromatic heterocycles. The maximum absolute atomic E-state index is 14.0. The Labute approximate surface area is 275 Å². The fraction of sp³-hybridized carbons (Fsp3) is 0.818. The lowest BCUT2D eigenvalue weighted by atomic mass is 9.85. The molecule has 0 aromatic rings. The van der Waals surface area contributed by atoms with Crippen LogP contribution in [0.2, 0.25) is 0 Å². The van der Waals surface area contributed by atoms with Gasteiger partial charge in [0.2, 0.25) is 17.6 Å². The minimum Gasteiger partial charge on any atom is -0.349 e. The summed E-state index contributed by atoms with van der Waals surface area (Å²) < 4.78 is 0. The van der Waals surface area contributed by atoms with Crippen molar-refractivity contribution in [3.8, 4) is 0 Å². The van der Waals surface area contributed by atoms with Crippen LogP contribution >= 0.6 is 0 Å². The number of amides is 7. The Bertz CT molecular complexity index is 1100. The molecule has 1 unspecified atom stereocenters. The number of hydrogen-bond donors (Lipinski definition) is 5. The van der Waals surface area contributed by atoms with Crippen molar-refractivity contribution in [2.45, 2.75) is 125 Å². The number of hydrogen-bond acceptors (Lipinski definition) is 6. The van der Waals surface area contributed by atoms with Gasteiger partial charge in [-0.3, -0.25) is 19.2 Å². The molecule has 13 heteroatoms. The molecule has 2 heterocycles. The summed E-state index contributed by atoms with van der Waals surface area (Å²) >= 11 is 0. The van der Waals surface area contributed by atoms with Crippen LogP contribution in [-0.2, 0) is 19.2 Å². The van der Waals surface area contributed by atoms with E-state index in [0.29, 0.717) is 58.4 Å². The van der Waals surface area contributed by atoms with Crippen LogP contribution in [-0.4, -0.2) is 102 Å². The van der Waals surface area contributed by atoms with Gasteiger partial charge in [-0.25, -0.2) is 9.59 Å². The molecule has 2 aliphatic rings. The minimum atomic E-state index is -0.990. The summed E-state index contributed by atoms with van der Waals surface area (Å²) in [5, 5.41) is 14.1. The summed E-state index contributed by atoms with van der Waals surface area (Å²) in [4.78, 5) is 82.1. The van der Waals surface area contributed by atoms with E-state index in [-0.39, 0.29) is 17.4 Å². The number of unbranched alkanes of at least 4 members (excludes halogenated alkanes) is 1. The third-order valence-electron chi connectivity index (χ3n) is 8.52. The lowest BCUT2D eigenvalue weighted by Gasteiger charge is -2.39. The molecule has 4 atom stereocenters. The number of carbonyl (C=O) groups excluding carboxylic acids is 6. The Balaban J connectivity index is 2.18. The van der Waals surface area contributed by atoms with Crippen LogP contribution in [0.3, 0.4) is 0 Å². The second-order valence-corrected chi connectivity index (χ2v) is 15.2. The summed E-state index contributed by atoms with van der Waals surface area (Å²) in [5.74, 6) is -2.14. The highest BCUT2D eigenvalue weighted by Crippen LogP contribution is 2.27. The van der Waals surface area contributed by atoms with E-state index in [2.05, 4.69) is 26.6 Å². The SMILES string of the molecule is CCCCC(NC(=O)[C@@H]1CCCN1C(=O)[C@@H](NC(=O)N[C@H](CN1CCCNC1=O)C(C)(C)C)C(C)(C)C)C(=O)C(=O)NCC(C)C. The van der Waals surface area contributed by atoms with E-state index in [1.165, 1.54) is 4.90 Å². The predicted molar refractivity (Wildman–Crippen MR) is 177 cm³/mol. The van der Waals surface area contributed by atoms with Crippen LogP contribution in [0.1, 0.15) is 101 Å². The Morgan fingerprint density at radius 3 is 2.17 bits per heavy atom. The molecule has 2 rings (SSSR count). The van der Waals surface area contributed by atoms with Gasteiger partial charge in [-0.1, -0.05) is 75.2 Å². The summed E-state index contributed by atoms with van der Waals surface area (Å²) in [5.41, 5.74) is -1.08. The van der Waals surface area contributed by atoms with Crippen LogP contribution in [0.25, 0.3) is 0 Å². The van der Waals surface area contributed by atoms with Gasteiger partial charge < -0.3 is 36.4 Å². The van der Waals surface area contributed by atoms with Crippen molar-refractivity contribution in [2.75, 3.05) is 32.7 Å².